The van der Waals surface area contributed by atoms with Crippen molar-refractivity contribution in [1.82, 2.24) is 9.78 Å². The fourth-order valence-corrected chi connectivity index (χ4v) is 2.56. The summed E-state index contributed by atoms with van der Waals surface area (Å²) in [6.45, 7) is 1.49. The van der Waals surface area contributed by atoms with Gasteiger partial charge in [0.1, 0.15) is 0 Å². The van der Waals surface area contributed by atoms with Crippen LogP contribution in [0.15, 0.2) is 10.7 Å². The highest BCUT2D eigenvalue weighted by Crippen LogP contribution is 2.33. The minimum atomic E-state index is 0.354. The third-order valence-electron chi connectivity index (χ3n) is 3.35. The van der Waals surface area contributed by atoms with Gasteiger partial charge in [0.05, 0.1) is 29.5 Å². The average Bonchev–Trinajstić information content (AvgIpc) is 3.10. The summed E-state index contributed by atoms with van der Waals surface area (Å²) in [5.74, 6) is 0.768. The van der Waals surface area contributed by atoms with Gasteiger partial charge in [-0.3, -0.25) is 4.68 Å². The Morgan fingerprint density at radius 2 is 2.41 bits per heavy atom. The smallest absolute Gasteiger partial charge is 0.0658 e. The molecule has 5 heteroatoms. The molecule has 2 rings (SSSR count). The van der Waals surface area contributed by atoms with E-state index in [1.54, 1.807) is 7.11 Å². The maximum absolute atomic E-state index is 6.13. The van der Waals surface area contributed by atoms with Crippen molar-refractivity contribution in [3.8, 4) is 0 Å². The number of methoxy groups -OCH3 is 1. The number of halogens is 1. The third-order valence-corrected chi connectivity index (χ3v) is 4.01. The van der Waals surface area contributed by atoms with Crippen LogP contribution >= 0.6 is 15.9 Å². The molecule has 96 valence electrons. The highest BCUT2D eigenvalue weighted by Gasteiger charge is 2.28. The molecule has 1 unspecified atom stereocenters. The topological polar surface area (TPSA) is 53.1 Å². The fourth-order valence-electron chi connectivity index (χ4n) is 2.07. The molecule has 1 heterocycles. The first kappa shape index (κ1) is 13.1. The van der Waals surface area contributed by atoms with E-state index in [1.165, 1.54) is 18.5 Å². The lowest BCUT2D eigenvalue weighted by Crippen LogP contribution is -2.23. The van der Waals surface area contributed by atoms with Crippen LogP contribution in [0.2, 0.25) is 0 Å². The van der Waals surface area contributed by atoms with Gasteiger partial charge in [-0.1, -0.05) is 0 Å². The van der Waals surface area contributed by atoms with E-state index >= 15 is 0 Å². The number of aromatic nitrogens is 2. The highest BCUT2D eigenvalue weighted by atomic mass is 79.9. The van der Waals surface area contributed by atoms with Crippen molar-refractivity contribution in [3.05, 3.63) is 16.4 Å². The van der Waals surface area contributed by atoms with E-state index in [0.29, 0.717) is 12.6 Å². The molecule has 0 radical (unpaired) electrons. The summed E-state index contributed by atoms with van der Waals surface area (Å²) in [6.07, 6.45) is 6.51. The normalized spacial score (nSPS) is 17.4. The lowest BCUT2D eigenvalue weighted by molar-refractivity contribution is 0.182. The van der Waals surface area contributed by atoms with Crippen molar-refractivity contribution in [2.45, 2.75) is 38.3 Å². The minimum Gasteiger partial charge on any atom is -0.383 e. The molecular formula is C12H20BrN3O. The van der Waals surface area contributed by atoms with Crippen molar-refractivity contribution in [3.63, 3.8) is 0 Å². The molecule has 1 aromatic heterocycles. The van der Waals surface area contributed by atoms with Crippen LogP contribution in [0.5, 0.6) is 0 Å². The first-order valence-electron chi connectivity index (χ1n) is 6.17. The minimum absolute atomic E-state index is 0.354. The lowest BCUT2D eigenvalue weighted by atomic mass is 10.1. The van der Waals surface area contributed by atoms with Crippen LogP contribution in [0, 0.1) is 5.92 Å². The van der Waals surface area contributed by atoms with E-state index in [1.807, 2.05) is 10.9 Å². The Morgan fingerprint density at radius 3 is 3.06 bits per heavy atom. The zero-order valence-corrected chi connectivity index (χ0v) is 11.8. The summed E-state index contributed by atoms with van der Waals surface area (Å²) in [5.41, 5.74) is 7.36. The van der Waals surface area contributed by atoms with Gasteiger partial charge >= 0.3 is 0 Å². The fraction of sp³-hybridized carbons (Fsp3) is 0.750. The molecule has 0 aliphatic heterocycles. The van der Waals surface area contributed by atoms with Crippen molar-refractivity contribution in [2.75, 3.05) is 13.7 Å². The van der Waals surface area contributed by atoms with Crippen LogP contribution in [-0.4, -0.2) is 29.5 Å². The average molecular weight is 302 g/mol. The molecule has 1 aliphatic carbocycles. The summed E-state index contributed by atoms with van der Waals surface area (Å²) in [6, 6.07) is 0.354. The second-order valence-corrected chi connectivity index (χ2v) is 5.55. The Bertz CT molecular complexity index is 363. The van der Waals surface area contributed by atoms with Gasteiger partial charge in [0.15, 0.2) is 0 Å². The van der Waals surface area contributed by atoms with Crippen molar-refractivity contribution >= 4 is 15.9 Å². The van der Waals surface area contributed by atoms with E-state index < -0.39 is 0 Å². The van der Waals surface area contributed by atoms with E-state index in [0.717, 1.165) is 29.8 Å². The Balaban J connectivity index is 1.90. The van der Waals surface area contributed by atoms with Gasteiger partial charge in [-0.2, -0.15) is 5.10 Å². The molecule has 17 heavy (non-hydrogen) atoms. The molecule has 1 aliphatic rings. The van der Waals surface area contributed by atoms with Gasteiger partial charge in [-0.05, 0) is 47.5 Å². The van der Waals surface area contributed by atoms with Crippen LogP contribution in [0.1, 0.15) is 25.0 Å². The number of hydrogen-bond acceptors (Lipinski definition) is 3. The van der Waals surface area contributed by atoms with Crippen LogP contribution < -0.4 is 5.73 Å². The Kier molecular flexibility index (Phi) is 4.59. The molecule has 0 saturated heterocycles. The van der Waals surface area contributed by atoms with Crippen molar-refractivity contribution < 1.29 is 4.74 Å². The quantitative estimate of drug-likeness (QED) is 0.838. The monoisotopic (exact) mass is 301 g/mol. The van der Waals surface area contributed by atoms with Crippen LogP contribution in [0.3, 0.4) is 0 Å². The summed E-state index contributed by atoms with van der Waals surface area (Å²) in [4.78, 5) is 0. The zero-order chi connectivity index (χ0) is 12.3. The number of nitrogens with zero attached hydrogens (tertiary/aromatic N) is 2. The van der Waals surface area contributed by atoms with E-state index in [9.17, 15) is 0 Å². The number of ether oxygens (including phenoxy) is 1. The van der Waals surface area contributed by atoms with Gasteiger partial charge in [-0.15, -0.1) is 0 Å². The van der Waals surface area contributed by atoms with Crippen molar-refractivity contribution in [2.24, 2.45) is 11.7 Å². The molecule has 4 nitrogen and oxygen atoms in total. The van der Waals surface area contributed by atoms with Gasteiger partial charge in [0.2, 0.25) is 0 Å². The summed E-state index contributed by atoms with van der Waals surface area (Å²) < 4.78 is 8.17. The molecule has 0 bridgehead atoms. The zero-order valence-electron chi connectivity index (χ0n) is 10.2. The van der Waals surface area contributed by atoms with Crippen LogP contribution in [0.4, 0.5) is 0 Å². The maximum atomic E-state index is 6.13. The lowest BCUT2D eigenvalue weighted by Gasteiger charge is -2.12. The number of hydrogen-bond donors (Lipinski definition) is 1. The van der Waals surface area contributed by atoms with Crippen LogP contribution in [0.25, 0.3) is 0 Å². The molecule has 0 amide bonds. The van der Waals surface area contributed by atoms with Gasteiger partial charge in [0, 0.05) is 13.2 Å². The second-order valence-electron chi connectivity index (χ2n) is 4.70. The molecule has 0 aromatic carbocycles. The molecule has 2 N–H and O–H groups in total. The number of rotatable bonds is 7. The third kappa shape index (κ3) is 3.53. The molecule has 1 atom stereocenters. The van der Waals surface area contributed by atoms with Gasteiger partial charge in [0.25, 0.3) is 0 Å². The van der Waals surface area contributed by atoms with Crippen molar-refractivity contribution in [1.29, 1.82) is 0 Å². The predicted molar refractivity (Wildman–Crippen MR) is 70.8 cm³/mol. The number of nitrogens with two attached hydrogens (primary N) is 1. The molecule has 0 spiro atoms. The Hall–Kier alpha value is -0.390. The summed E-state index contributed by atoms with van der Waals surface area (Å²) >= 11 is 3.55. The molecular weight excluding hydrogens is 282 g/mol. The summed E-state index contributed by atoms with van der Waals surface area (Å²) in [5, 5.41) is 4.34. The first-order chi connectivity index (χ1) is 8.22. The predicted octanol–water partition coefficient (Wildman–Crippen LogP) is 1.96. The van der Waals surface area contributed by atoms with Crippen LogP contribution in [-0.2, 0) is 17.7 Å². The molecule has 1 aromatic rings. The van der Waals surface area contributed by atoms with Gasteiger partial charge in [-0.25, -0.2) is 0 Å². The maximum Gasteiger partial charge on any atom is 0.0658 e. The molecule has 1 saturated carbocycles. The largest absolute Gasteiger partial charge is 0.383 e. The Morgan fingerprint density at radius 1 is 1.65 bits per heavy atom. The van der Waals surface area contributed by atoms with Gasteiger partial charge < -0.3 is 10.5 Å². The first-order valence-corrected chi connectivity index (χ1v) is 6.96. The second kappa shape index (κ2) is 5.98. The Labute approximate surface area is 111 Å². The summed E-state index contributed by atoms with van der Waals surface area (Å²) in [7, 11) is 1.71. The van der Waals surface area contributed by atoms with E-state index in [2.05, 4.69) is 21.0 Å². The SMILES string of the molecule is COCCn1ncc(Br)c1CCC(N)C1CC1. The standard InChI is InChI=1S/C12H20BrN3O/c1-17-7-6-16-12(10(13)8-15-16)5-4-11(14)9-2-3-9/h8-9,11H,2-7,14H2,1H3. The van der Waals surface area contributed by atoms with E-state index in [4.69, 9.17) is 10.5 Å². The highest BCUT2D eigenvalue weighted by molar-refractivity contribution is 9.10. The molecule has 1 fully saturated rings. The van der Waals surface area contributed by atoms with E-state index in [-0.39, 0.29) is 0 Å².